The third kappa shape index (κ3) is 4.08. The van der Waals surface area contributed by atoms with Crippen LogP contribution < -0.4 is 0 Å². The molecule has 0 saturated carbocycles. The molecule has 0 saturated heterocycles. The van der Waals surface area contributed by atoms with Gasteiger partial charge in [-0.15, -0.1) is 0 Å². The minimum absolute atomic E-state index is 0.151. The van der Waals surface area contributed by atoms with Gasteiger partial charge in [-0.3, -0.25) is 0 Å². The Labute approximate surface area is 123 Å². The quantitative estimate of drug-likeness (QED) is 0.679. The maximum absolute atomic E-state index is 9.96. The van der Waals surface area contributed by atoms with Gasteiger partial charge in [-0.25, -0.2) is 0 Å². The van der Waals surface area contributed by atoms with Gasteiger partial charge in [0.15, 0.2) is 0 Å². The standard InChI is InChI=1S/C17H18O4/c18-11-17(21)16(13-4-8-15(20)9-5-13)10-3-12-1-6-14(19)7-2-12/h1-10,16-21H,11H2. The van der Waals surface area contributed by atoms with Crippen LogP contribution in [0.5, 0.6) is 11.5 Å². The second kappa shape index (κ2) is 6.92. The Bertz CT molecular complexity index is 587. The molecule has 0 bridgehead atoms. The lowest BCUT2D eigenvalue weighted by molar-refractivity contribution is 0.0842. The van der Waals surface area contributed by atoms with Crippen molar-refractivity contribution in [2.75, 3.05) is 6.61 Å². The summed E-state index contributed by atoms with van der Waals surface area (Å²) < 4.78 is 0. The number of aliphatic hydroxyl groups excluding tert-OH is 2. The van der Waals surface area contributed by atoms with Gasteiger partial charge in [0.25, 0.3) is 0 Å². The van der Waals surface area contributed by atoms with E-state index >= 15 is 0 Å². The fourth-order valence-electron chi connectivity index (χ4n) is 2.07. The monoisotopic (exact) mass is 286 g/mol. The van der Waals surface area contributed by atoms with Crippen LogP contribution in [0.3, 0.4) is 0 Å². The first-order valence-corrected chi connectivity index (χ1v) is 6.65. The highest BCUT2D eigenvalue weighted by Crippen LogP contribution is 2.25. The summed E-state index contributed by atoms with van der Waals surface area (Å²) in [5.74, 6) is -0.0412. The van der Waals surface area contributed by atoms with E-state index in [-0.39, 0.29) is 24.0 Å². The minimum atomic E-state index is -0.928. The Hall–Kier alpha value is -2.30. The van der Waals surface area contributed by atoms with Crippen LogP contribution in [-0.2, 0) is 0 Å². The van der Waals surface area contributed by atoms with Crippen LogP contribution in [0.4, 0.5) is 0 Å². The van der Waals surface area contributed by atoms with Crippen molar-refractivity contribution >= 4 is 6.08 Å². The summed E-state index contributed by atoms with van der Waals surface area (Å²) in [6.07, 6.45) is 2.68. The third-order valence-corrected chi connectivity index (χ3v) is 3.27. The first-order chi connectivity index (χ1) is 10.1. The van der Waals surface area contributed by atoms with Gasteiger partial charge in [0.2, 0.25) is 0 Å². The molecule has 0 heterocycles. The molecule has 2 rings (SSSR count). The summed E-state index contributed by atoms with van der Waals surface area (Å²) >= 11 is 0. The molecule has 0 aromatic heterocycles. The van der Waals surface area contributed by atoms with E-state index in [1.54, 1.807) is 54.6 Å². The van der Waals surface area contributed by atoms with E-state index in [1.807, 2.05) is 6.08 Å². The van der Waals surface area contributed by atoms with E-state index in [2.05, 4.69) is 0 Å². The molecular formula is C17H18O4. The zero-order valence-electron chi connectivity index (χ0n) is 11.4. The van der Waals surface area contributed by atoms with E-state index in [9.17, 15) is 20.4 Å². The van der Waals surface area contributed by atoms with Crippen LogP contribution in [0.1, 0.15) is 17.0 Å². The number of phenolic OH excluding ortho intramolecular Hbond substituents is 2. The number of aliphatic hydroxyl groups is 2. The Balaban J connectivity index is 2.24. The van der Waals surface area contributed by atoms with Gasteiger partial charge in [-0.2, -0.15) is 0 Å². The van der Waals surface area contributed by atoms with E-state index in [0.717, 1.165) is 11.1 Å². The van der Waals surface area contributed by atoms with Crippen molar-refractivity contribution in [3.63, 3.8) is 0 Å². The lowest BCUT2D eigenvalue weighted by Gasteiger charge is -2.18. The van der Waals surface area contributed by atoms with Crippen molar-refractivity contribution in [2.24, 2.45) is 0 Å². The van der Waals surface area contributed by atoms with Crippen molar-refractivity contribution in [1.82, 2.24) is 0 Å². The molecule has 0 spiro atoms. The second-order valence-electron chi connectivity index (χ2n) is 4.82. The zero-order chi connectivity index (χ0) is 15.2. The third-order valence-electron chi connectivity index (χ3n) is 3.27. The molecule has 0 aliphatic rings. The number of rotatable bonds is 5. The number of phenols is 2. The fraction of sp³-hybridized carbons (Fsp3) is 0.176. The molecule has 4 N–H and O–H groups in total. The Morgan fingerprint density at radius 1 is 0.857 bits per heavy atom. The SMILES string of the molecule is OCC(O)C(C=Cc1ccc(O)cc1)c1ccc(O)cc1. The molecule has 0 radical (unpaired) electrons. The average molecular weight is 286 g/mol. The summed E-state index contributed by atoms with van der Waals surface area (Å²) in [6.45, 7) is -0.356. The molecule has 2 aromatic carbocycles. The summed E-state index contributed by atoms with van der Waals surface area (Å²) in [5, 5.41) is 37.7. The molecule has 4 nitrogen and oxygen atoms in total. The molecule has 0 aliphatic carbocycles. The maximum atomic E-state index is 9.96. The van der Waals surface area contributed by atoms with E-state index in [0.29, 0.717) is 0 Å². The fourth-order valence-corrected chi connectivity index (χ4v) is 2.07. The van der Waals surface area contributed by atoms with Gasteiger partial charge >= 0.3 is 0 Å². The van der Waals surface area contributed by atoms with Gasteiger partial charge < -0.3 is 20.4 Å². The molecule has 21 heavy (non-hydrogen) atoms. The normalized spacial score (nSPS) is 14.2. The van der Waals surface area contributed by atoms with Crippen molar-refractivity contribution in [3.8, 4) is 11.5 Å². The van der Waals surface area contributed by atoms with E-state index < -0.39 is 6.10 Å². The maximum Gasteiger partial charge on any atom is 0.115 e. The molecule has 110 valence electrons. The largest absolute Gasteiger partial charge is 0.508 e. The predicted octanol–water partition coefficient (Wildman–Crippen LogP) is 2.25. The first kappa shape index (κ1) is 15.1. The van der Waals surface area contributed by atoms with Crippen molar-refractivity contribution in [3.05, 3.63) is 65.7 Å². The molecule has 0 aliphatic heterocycles. The van der Waals surface area contributed by atoms with Crippen molar-refractivity contribution < 1.29 is 20.4 Å². The Kier molecular flexibility index (Phi) is 4.98. The number of aromatic hydroxyl groups is 2. The summed E-state index contributed by atoms with van der Waals surface area (Å²) in [6, 6.07) is 13.2. The Morgan fingerprint density at radius 2 is 1.38 bits per heavy atom. The van der Waals surface area contributed by atoms with Crippen LogP contribution in [0.25, 0.3) is 6.08 Å². The van der Waals surface area contributed by atoms with Crippen LogP contribution in [0.15, 0.2) is 54.6 Å². The predicted molar refractivity (Wildman–Crippen MR) is 81.1 cm³/mol. The molecular weight excluding hydrogens is 268 g/mol. The van der Waals surface area contributed by atoms with Crippen molar-refractivity contribution in [2.45, 2.75) is 12.0 Å². The van der Waals surface area contributed by atoms with Crippen molar-refractivity contribution in [1.29, 1.82) is 0 Å². The van der Waals surface area contributed by atoms with Crippen LogP contribution in [-0.4, -0.2) is 33.1 Å². The highest BCUT2D eigenvalue weighted by atomic mass is 16.3. The zero-order valence-corrected chi connectivity index (χ0v) is 11.4. The number of benzene rings is 2. The Morgan fingerprint density at radius 3 is 1.90 bits per heavy atom. The lowest BCUT2D eigenvalue weighted by Crippen LogP contribution is -2.20. The minimum Gasteiger partial charge on any atom is -0.508 e. The summed E-state index contributed by atoms with van der Waals surface area (Å²) in [7, 11) is 0. The van der Waals surface area contributed by atoms with Crippen LogP contribution >= 0.6 is 0 Å². The highest BCUT2D eigenvalue weighted by molar-refractivity contribution is 5.52. The molecule has 4 heteroatoms. The van der Waals surface area contributed by atoms with Gasteiger partial charge in [-0.05, 0) is 35.4 Å². The topological polar surface area (TPSA) is 80.9 Å². The average Bonchev–Trinajstić information content (AvgIpc) is 2.50. The van der Waals surface area contributed by atoms with Crippen LogP contribution in [0.2, 0.25) is 0 Å². The second-order valence-corrected chi connectivity index (χ2v) is 4.82. The van der Waals surface area contributed by atoms with E-state index in [4.69, 9.17) is 0 Å². The van der Waals surface area contributed by atoms with E-state index in [1.165, 1.54) is 0 Å². The summed E-state index contributed by atoms with van der Waals surface area (Å²) in [5.41, 5.74) is 1.67. The highest BCUT2D eigenvalue weighted by Gasteiger charge is 2.17. The van der Waals surface area contributed by atoms with Gasteiger partial charge in [0.05, 0.1) is 12.7 Å². The molecule has 2 atom stereocenters. The molecule has 2 aromatic rings. The molecule has 0 amide bonds. The van der Waals surface area contributed by atoms with Crippen LogP contribution in [0, 0.1) is 0 Å². The molecule has 0 fully saturated rings. The number of hydrogen-bond acceptors (Lipinski definition) is 4. The smallest absolute Gasteiger partial charge is 0.115 e. The lowest BCUT2D eigenvalue weighted by atomic mass is 9.92. The number of hydrogen-bond donors (Lipinski definition) is 4. The molecule has 2 unspecified atom stereocenters. The van der Waals surface area contributed by atoms with Gasteiger partial charge in [-0.1, -0.05) is 36.4 Å². The first-order valence-electron chi connectivity index (χ1n) is 6.65. The van der Waals surface area contributed by atoms with Gasteiger partial charge in [0.1, 0.15) is 11.5 Å². The summed E-state index contributed by atoms with van der Waals surface area (Å²) in [4.78, 5) is 0. The van der Waals surface area contributed by atoms with Gasteiger partial charge in [0, 0.05) is 5.92 Å².